The Hall–Kier alpha value is -1.40. The van der Waals surface area contributed by atoms with Gasteiger partial charge in [-0.2, -0.15) is 0 Å². The first kappa shape index (κ1) is 14.0. The molecule has 2 aromatic rings. The highest BCUT2D eigenvalue weighted by Gasteiger charge is 2.14. The van der Waals surface area contributed by atoms with Crippen LogP contribution in [0.15, 0.2) is 34.7 Å². The van der Waals surface area contributed by atoms with Gasteiger partial charge >= 0.3 is 0 Å². The molecule has 0 bridgehead atoms. The molecule has 3 N–H and O–H groups in total. The fourth-order valence-corrected chi connectivity index (χ4v) is 1.93. The van der Waals surface area contributed by atoms with Crippen molar-refractivity contribution in [1.29, 1.82) is 0 Å². The maximum Gasteiger partial charge on any atom is 0.134 e. The number of nitrogens with two attached hydrogens (primary N) is 1. The fourth-order valence-electron chi connectivity index (χ4n) is 1.93. The lowest BCUT2D eigenvalue weighted by molar-refractivity contribution is 0.0649. The second kappa shape index (κ2) is 7.25. The minimum Gasteiger partial charge on any atom is -0.459 e. The summed E-state index contributed by atoms with van der Waals surface area (Å²) < 4.78 is 16.1. The molecule has 0 saturated carbocycles. The SMILES string of the molecule is COCCOCCC(NN)c1cc2ccccc2o1. The van der Waals surface area contributed by atoms with Gasteiger partial charge in [0.2, 0.25) is 0 Å². The number of rotatable bonds is 8. The van der Waals surface area contributed by atoms with E-state index in [-0.39, 0.29) is 6.04 Å². The molecule has 1 aromatic heterocycles. The standard InChI is InChI=1S/C14H20N2O3/c1-17-8-9-18-7-6-12(16-15)14-10-11-4-2-3-5-13(11)19-14/h2-5,10,12,16H,6-9,15H2,1H3. The predicted molar refractivity (Wildman–Crippen MR) is 73.6 cm³/mol. The van der Waals surface area contributed by atoms with E-state index in [1.165, 1.54) is 0 Å². The van der Waals surface area contributed by atoms with Crippen molar-refractivity contribution in [3.05, 3.63) is 36.1 Å². The van der Waals surface area contributed by atoms with Crippen molar-refractivity contribution in [3.8, 4) is 0 Å². The Balaban J connectivity index is 1.93. The zero-order valence-corrected chi connectivity index (χ0v) is 11.1. The predicted octanol–water partition coefficient (Wildman–Crippen LogP) is 1.99. The molecule has 1 atom stereocenters. The van der Waals surface area contributed by atoms with E-state index in [2.05, 4.69) is 5.43 Å². The van der Waals surface area contributed by atoms with Crippen molar-refractivity contribution in [1.82, 2.24) is 5.43 Å². The molecule has 19 heavy (non-hydrogen) atoms. The normalized spacial score (nSPS) is 12.9. The van der Waals surface area contributed by atoms with Gasteiger partial charge in [0.15, 0.2) is 0 Å². The van der Waals surface area contributed by atoms with Gasteiger partial charge in [-0.05, 0) is 18.6 Å². The first-order chi connectivity index (χ1) is 9.35. The lowest BCUT2D eigenvalue weighted by Crippen LogP contribution is -2.28. The van der Waals surface area contributed by atoms with Crippen LogP contribution < -0.4 is 11.3 Å². The van der Waals surface area contributed by atoms with Crippen LogP contribution in [0.1, 0.15) is 18.2 Å². The van der Waals surface area contributed by atoms with Crippen molar-refractivity contribution in [2.75, 3.05) is 26.9 Å². The number of ether oxygens (including phenoxy) is 2. The maximum atomic E-state index is 5.78. The number of hydrogen-bond donors (Lipinski definition) is 2. The van der Waals surface area contributed by atoms with E-state index in [0.29, 0.717) is 19.8 Å². The monoisotopic (exact) mass is 264 g/mol. The lowest BCUT2D eigenvalue weighted by atomic mass is 10.1. The van der Waals surface area contributed by atoms with Gasteiger partial charge in [0, 0.05) is 19.1 Å². The highest BCUT2D eigenvalue weighted by atomic mass is 16.5. The van der Waals surface area contributed by atoms with Crippen LogP contribution >= 0.6 is 0 Å². The number of nitrogens with one attached hydrogen (secondary N) is 1. The van der Waals surface area contributed by atoms with Crippen molar-refractivity contribution in [2.24, 2.45) is 5.84 Å². The molecule has 0 fully saturated rings. The van der Waals surface area contributed by atoms with Gasteiger partial charge in [-0.1, -0.05) is 18.2 Å². The molecule has 0 spiro atoms. The number of para-hydroxylation sites is 1. The number of fused-ring (bicyclic) bond motifs is 1. The van der Waals surface area contributed by atoms with E-state index in [1.54, 1.807) is 7.11 Å². The van der Waals surface area contributed by atoms with Gasteiger partial charge in [-0.3, -0.25) is 5.84 Å². The summed E-state index contributed by atoms with van der Waals surface area (Å²) in [4.78, 5) is 0. The van der Waals surface area contributed by atoms with E-state index < -0.39 is 0 Å². The summed E-state index contributed by atoms with van der Waals surface area (Å²) in [7, 11) is 1.65. The topological polar surface area (TPSA) is 69.7 Å². The van der Waals surface area contributed by atoms with E-state index >= 15 is 0 Å². The van der Waals surface area contributed by atoms with Crippen LogP contribution in [0.25, 0.3) is 11.0 Å². The molecule has 0 aliphatic heterocycles. The van der Waals surface area contributed by atoms with Gasteiger partial charge in [0.25, 0.3) is 0 Å². The van der Waals surface area contributed by atoms with E-state index in [1.807, 2.05) is 30.3 Å². The highest BCUT2D eigenvalue weighted by Crippen LogP contribution is 2.25. The largest absolute Gasteiger partial charge is 0.459 e. The van der Waals surface area contributed by atoms with Gasteiger partial charge < -0.3 is 13.9 Å². The lowest BCUT2D eigenvalue weighted by Gasteiger charge is -2.13. The summed E-state index contributed by atoms with van der Waals surface area (Å²) in [6.45, 7) is 1.80. The van der Waals surface area contributed by atoms with Crippen molar-refractivity contribution < 1.29 is 13.9 Å². The van der Waals surface area contributed by atoms with Crippen LogP contribution in [0.3, 0.4) is 0 Å². The average Bonchev–Trinajstić information content (AvgIpc) is 2.86. The van der Waals surface area contributed by atoms with Gasteiger partial charge in [-0.25, -0.2) is 5.43 Å². The van der Waals surface area contributed by atoms with Crippen molar-refractivity contribution in [2.45, 2.75) is 12.5 Å². The maximum absolute atomic E-state index is 5.78. The summed E-state index contributed by atoms with van der Waals surface area (Å²) in [6.07, 6.45) is 0.750. The summed E-state index contributed by atoms with van der Waals surface area (Å²) >= 11 is 0. The Morgan fingerprint density at radius 2 is 2.11 bits per heavy atom. The van der Waals surface area contributed by atoms with Crippen molar-refractivity contribution in [3.63, 3.8) is 0 Å². The average molecular weight is 264 g/mol. The molecule has 5 heteroatoms. The van der Waals surface area contributed by atoms with Crippen molar-refractivity contribution >= 4 is 11.0 Å². The third-order valence-corrected chi connectivity index (χ3v) is 2.97. The second-order valence-corrected chi connectivity index (χ2v) is 4.30. The summed E-state index contributed by atoms with van der Waals surface area (Å²) in [5, 5.41) is 1.08. The molecular formula is C14H20N2O3. The number of hydrogen-bond acceptors (Lipinski definition) is 5. The number of methoxy groups -OCH3 is 1. The minimum absolute atomic E-state index is 0.0463. The first-order valence-corrected chi connectivity index (χ1v) is 6.36. The molecule has 1 unspecified atom stereocenters. The number of hydrazine groups is 1. The molecule has 104 valence electrons. The van der Waals surface area contributed by atoms with Crippen LogP contribution in [0.5, 0.6) is 0 Å². The number of furan rings is 1. The molecule has 0 amide bonds. The Kier molecular flexibility index (Phi) is 5.35. The molecule has 5 nitrogen and oxygen atoms in total. The highest BCUT2D eigenvalue weighted by molar-refractivity contribution is 5.77. The molecular weight excluding hydrogens is 244 g/mol. The van der Waals surface area contributed by atoms with Crippen LogP contribution in [-0.4, -0.2) is 26.9 Å². The molecule has 0 saturated heterocycles. The van der Waals surface area contributed by atoms with E-state index in [0.717, 1.165) is 23.2 Å². The van der Waals surface area contributed by atoms with Gasteiger partial charge in [0.05, 0.1) is 19.3 Å². The van der Waals surface area contributed by atoms with E-state index in [4.69, 9.17) is 19.7 Å². The van der Waals surface area contributed by atoms with Crippen LogP contribution in [-0.2, 0) is 9.47 Å². The Labute approximate surface area is 112 Å². The third kappa shape index (κ3) is 3.78. The van der Waals surface area contributed by atoms with Crippen LogP contribution in [0, 0.1) is 0 Å². The summed E-state index contributed by atoms with van der Waals surface area (Å²) in [5.74, 6) is 6.41. The summed E-state index contributed by atoms with van der Waals surface area (Å²) in [6, 6.07) is 9.87. The molecule has 0 radical (unpaired) electrons. The Bertz CT molecular complexity index is 465. The zero-order chi connectivity index (χ0) is 13.5. The van der Waals surface area contributed by atoms with Crippen LogP contribution in [0.4, 0.5) is 0 Å². The smallest absolute Gasteiger partial charge is 0.134 e. The summed E-state index contributed by atoms with van der Waals surface area (Å²) in [5.41, 5.74) is 3.64. The molecule has 0 aliphatic rings. The Morgan fingerprint density at radius 3 is 2.84 bits per heavy atom. The molecule has 1 aromatic carbocycles. The zero-order valence-electron chi connectivity index (χ0n) is 11.1. The van der Waals surface area contributed by atoms with Gasteiger partial charge in [0.1, 0.15) is 11.3 Å². The minimum atomic E-state index is -0.0463. The second-order valence-electron chi connectivity index (χ2n) is 4.30. The first-order valence-electron chi connectivity index (χ1n) is 6.36. The fraction of sp³-hybridized carbons (Fsp3) is 0.429. The van der Waals surface area contributed by atoms with Gasteiger partial charge in [-0.15, -0.1) is 0 Å². The third-order valence-electron chi connectivity index (χ3n) is 2.97. The Morgan fingerprint density at radius 1 is 1.26 bits per heavy atom. The molecule has 2 rings (SSSR count). The quantitative estimate of drug-likeness (QED) is 0.433. The molecule has 0 aliphatic carbocycles. The number of benzene rings is 1. The van der Waals surface area contributed by atoms with Crippen LogP contribution in [0.2, 0.25) is 0 Å². The molecule has 1 heterocycles. The van der Waals surface area contributed by atoms with E-state index in [9.17, 15) is 0 Å².